The number of hydrogen-bond acceptors (Lipinski definition) is 2. The largest absolute Gasteiger partial charge is 0.356 e. The first-order valence-corrected chi connectivity index (χ1v) is 7.30. The third-order valence-electron chi connectivity index (χ3n) is 4.06. The summed E-state index contributed by atoms with van der Waals surface area (Å²) in [6.45, 7) is 4.28. The summed E-state index contributed by atoms with van der Waals surface area (Å²) in [5, 5.41) is 3.50. The number of aliphatic imine (C=N–C) groups is 1. The molecule has 1 fully saturated rings. The number of halogens is 1. The van der Waals surface area contributed by atoms with Crippen molar-refractivity contribution in [2.45, 2.75) is 13.0 Å². The highest BCUT2D eigenvalue weighted by molar-refractivity contribution is 14.0. The molecule has 1 unspecified atom stereocenters. The highest BCUT2D eigenvalue weighted by Crippen LogP contribution is 2.13. The number of aryl methyl sites for hydroxylation is 1. The van der Waals surface area contributed by atoms with Gasteiger partial charge in [0.15, 0.2) is 5.96 Å². The minimum Gasteiger partial charge on any atom is -0.356 e. The lowest BCUT2D eigenvalue weighted by atomic mass is 10.1. The van der Waals surface area contributed by atoms with E-state index in [-0.39, 0.29) is 24.0 Å². The zero-order chi connectivity index (χ0) is 14.5. The van der Waals surface area contributed by atoms with Gasteiger partial charge in [0.1, 0.15) is 0 Å². The van der Waals surface area contributed by atoms with Gasteiger partial charge in [-0.2, -0.15) is 0 Å². The fourth-order valence-electron chi connectivity index (χ4n) is 2.79. The maximum atomic E-state index is 4.39. The van der Waals surface area contributed by atoms with E-state index in [1.807, 2.05) is 7.05 Å². The van der Waals surface area contributed by atoms with Gasteiger partial charge in [0, 0.05) is 46.1 Å². The van der Waals surface area contributed by atoms with Crippen LogP contribution in [0.25, 0.3) is 0 Å². The fourth-order valence-corrected chi connectivity index (χ4v) is 2.79. The Morgan fingerprint density at radius 2 is 2.24 bits per heavy atom. The first-order chi connectivity index (χ1) is 9.60. The standard InChI is InChI=1S/C15H27N5.HI/c1-16-15(17-10-13-7-9-18(2)11-13)20(4)12-14-6-5-8-19(14)3;/h5-6,8,13H,7,9-12H2,1-4H3,(H,16,17);1H. The van der Waals surface area contributed by atoms with Crippen LogP contribution in [0, 0.1) is 5.92 Å². The van der Waals surface area contributed by atoms with Gasteiger partial charge in [-0.25, -0.2) is 0 Å². The molecule has 2 rings (SSSR count). The molecule has 1 aromatic heterocycles. The Bertz CT molecular complexity index is 457. The molecule has 1 N–H and O–H groups in total. The van der Waals surface area contributed by atoms with Crippen molar-refractivity contribution in [2.75, 3.05) is 40.8 Å². The first kappa shape index (κ1) is 18.3. The molecule has 2 heterocycles. The lowest BCUT2D eigenvalue weighted by Crippen LogP contribution is -2.41. The fraction of sp³-hybridized carbons (Fsp3) is 0.667. The third kappa shape index (κ3) is 5.18. The van der Waals surface area contributed by atoms with Gasteiger partial charge in [0.2, 0.25) is 0 Å². The molecule has 0 amide bonds. The second kappa shape index (κ2) is 8.63. The quantitative estimate of drug-likeness (QED) is 0.470. The molecule has 0 aliphatic carbocycles. The average Bonchev–Trinajstić information content (AvgIpc) is 3.00. The SMILES string of the molecule is CN=C(NCC1CCN(C)C1)N(C)Cc1cccn1C.I. The Hall–Kier alpha value is -0.760. The zero-order valence-electron chi connectivity index (χ0n) is 13.5. The second-order valence-corrected chi connectivity index (χ2v) is 5.81. The molecule has 0 saturated carbocycles. The Morgan fingerprint density at radius 3 is 2.76 bits per heavy atom. The third-order valence-corrected chi connectivity index (χ3v) is 4.06. The molecule has 0 spiro atoms. The molecule has 0 radical (unpaired) electrons. The first-order valence-electron chi connectivity index (χ1n) is 7.30. The van der Waals surface area contributed by atoms with Crippen molar-refractivity contribution < 1.29 is 0 Å². The average molecular weight is 405 g/mol. The summed E-state index contributed by atoms with van der Waals surface area (Å²) in [5.74, 6) is 1.71. The van der Waals surface area contributed by atoms with E-state index in [0.717, 1.165) is 25.0 Å². The summed E-state index contributed by atoms with van der Waals surface area (Å²) in [6.07, 6.45) is 3.36. The molecule has 0 bridgehead atoms. The van der Waals surface area contributed by atoms with E-state index in [1.165, 1.54) is 25.2 Å². The second-order valence-electron chi connectivity index (χ2n) is 5.81. The van der Waals surface area contributed by atoms with Crippen LogP contribution in [0.15, 0.2) is 23.3 Å². The molecule has 1 atom stereocenters. The maximum Gasteiger partial charge on any atom is 0.193 e. The van der Waals surface area contributed by atoms with E-state index in [9.17, 15) is 0 Å². The van der Waals surface area contributed by atoms with Gasteiger partial charge in [0.05, 0.1) is 6.54 Å². The van der Waals surface area contributed by atoms with Gasteiger partial charge in [-0.1, -0.05) is 0 Å². The van der Waals surface area contributed by atoms with Crippen LogP contribution in [0.3, 0.4) is 0 Å². The van der Waals surface area contributed by atoms with Crippen molar-refractivity contribution in [3.05, 3.63) is 24.0 Å². The minimum atomic E-state index is 0. The number of hydrogen-bond donors (Lipinski definition) is 1. The van der Waals surface area contributed by atoms with Crippen molar-refractivity contribution >= 4 is 29.9 Å². The summed E-state index contributed by atoms with van der Waals surface area (Å²) < 4.78 is 2.15. The lowest BCUT2D eigenvalue weighted by Gasteiger charge is -2.23. The topological polar surface area (TPSA) is 35.8 Å². The highest BCUT2D eigenvalue weighted by Gasteiger charge is 2.20. The van der Waals surface area contributed by atoms with Crippen LogP contribution in [0.2, 0.25) is 0 Å². The van der Waals surface area contributed by atoms with E-state index in [4.69, 9.17) is 0 Å². The van der Waals surface area contributed by atoms with Crippen LogP contribution in [0.4, 0.5) is 0 Å². The van der Waals surface area contributed by atoms with E-state index >= 15 is 0 Å². The van der Waals surface area contributed by atoms with Gasteiger partial charge < -0.3 is 19.7 Å². The Labute approximate surface area is 145 Å². The summed E-state index contributed by atoms with van der Waals surface area (Å²) in [4.78, 5) is 8.95. The molecule has 1 aromatic rings. The zero-order valence-corrected chi connectivity index (χ0v) is 15.9. The number of guanidine groups is 1. The summed E-state index contributed by atoms with van der Waals surface area (Å²) in [5.41, 5.74) is 1.29. The molecule has 0 aromatic carbocycles. The predicted octanol–water partition coefficient (Wildman–Crippen LogP) is 1.60. The molecule has 21 heavy (non-hydrogen) atoms. The molecular formula is C15H28IN5. The van der Waals surface area contributed by atoms with Crippen molar-refractivity contribution in [3.63, 3.8) is 0 Å². The molecular weight excluding hydrogens is 377 g/mol. The number of nitrogens with zero attached hydrogens (tertiary/aromatic N) is 4. The van der Waals surface area contributed by atoms with E-state index in [1.54, 1.807) is 0 Å². The molecule has 1 aliphatic heterocycles. The highest BCUT2D eigenvalue weighted by atomic mass is 127. The monoisotopic (exact) mass is 405 g/mol. The van der Waals surface area contributed by atoms with Crippen molar-refractivity contribution in [1.82, 2.24) is 19.7 Å². The van der Waals surface area contributed by atoms with Gasteiger partial charge >= 0.3 is 0 Å². The minimum absolute atomic E-state index is 0. The molecule has 5 nitrogen and oxygen atoms in total. The van der Waals surface area contributed by atoms with E-state index < -0.39 is 0 Å². The van der Waals surface area contributed by atoms with Crippen molar-refractivity contribution in [1.29, 1.82) is 0 Å². The Morgan fingerprint density at radius 1 is 1.48 bits per heavy atom. The molecule has 120 valence electrons. The van der Waals surface area contributed by atoms with Gasteiger partial charge in [-0.3, -0.25) is 4.99 Å². The van der Waals surface area contributed by atoms with E-state index in [0.29, 0.717) is 0 Å². The van der Waals surface area contributed by atoms with Crippen LogP contribution in [-0.4, -0.2) is 61.1 Å². The van der Waals surface area contributed by atoms with Crippen LogP contribution >= 0.6 is 24.0 Å². The van der Waals surface area contributed by atoms with Gasteiger partial charge in [-0.15, -0.1) is 24.0 Å². The number of rotatable bonds is 4. The van der Waals surface area contributed by atoms with Crippen molar-refractivity contribution in [3.8, 4) is 0 Å². The molecule has 6 heteroatoms. The summed E-state index contributed by atoms with van der Waals surface area (Å²) in [6, 6.07) is 4.23. The predicted molar refractivity (Wildman–Crippen MR) is 99.3 cm³/mol. The smallest absolute Gasteiger partial charge is 0.193 e. The molecule has 1 saturated heterocycles. The van der Waals surface area contributed by atoms with Crippen LogP contribution in [-0.2, 0) is 13.6 Å². The normalized spacial score (nSPS) is 19.4. The van der Waals surface area contributed by atoms with Gasteiger partial charge in [0.25, 0.3) is 0 Å². The number of likely N-dealkylation sites (tertiary alicyclic amines) is 1. The Kier molecular flexibility index (Phi) is 7.51. The lowest BCUT2D eigenvalue weighted by molar-refractivity contribution is 0.390. The summed E-state index contributed by atoms with van der Waals surface area (Å²) >= 11 is 0. The summed E-state index contributed by atoms with van der Waals surface area (Å²) in [7, 11) is 8.21. The van der Waals surface area contributed by atoms with E-state index in [2.05, 4.69) is 64.1 Å². The number of nitrogens with one attached hydrogen (secondary N) is 1. The molecule has 1 aliphatic rings. The van der Waals surface area contributed by atoms with Crippen LogP contribution in [0.5, 0.6) is 0 Å². The van der Waals surface area contributed by atoms with Crippen molar-refractivity contribution in [2.24, 2.45) is 18.0 Å². The van der Waals surface area contributed by atoms with Crippen LogP contribution < -0.4 is 5.32 Å². The number of aromatic nitrogens is 1. The van der Waals surface area contributed by atoms with Crippen LogP contribution in [0.1, 0.15) is 12.1 Å². The van der Waals surface area contributed by atoms with Gasteiger partial charge in [-0.05, 0) is 38.1 Å². The Balaban J connectivity index is 0.00000220. The maximum absolute atomic E-state index is 4.39.